The van der Waals surface area contributed by atoms with Crippen LogP contribution in [0.15, 0.2) is 18.2 Å². The highest BCUT2D eigenvalue weighted by atomic mass is 16.5. The summed E-state index contributed by atoms with van der Waals surface area (Å²) in [6, 6.07) is 6.33. The predicted molar refractivity (Wildman–Crippen MR) is 73.8 cm³/mol. The number of hydrogen-bond donors (Lipinski definition) is 1. The van der Waals surface area contributed by atoms with Crippen molar-refractivity contribution in [3.8, 4) is 5.75 Å². The summed E-state index contributed by atoms with van der Waals surface area (Å²) in [6.45, 7) is 9.18. The van der Waals surface area contributed by atoms with Crippen molar-refractivity contribution in [3.63, 3.8) is 0 Å². The second-order valence-corrected chi connectivity index (χ2v) is 4.57. The van der Waals surface area contributed by atoms with Crippen LogP contribution in [0.1, 0.15) is 37.3 Å². The Bertz CT molecular complexity index is 323. The van der Waals surface area contributed by atoms with Gasteiger partial charge in [-0.15, -0.1) is 0 Å². The molecule has 0 saturated heterocycles. The fourth-order valence-electron chi connectivity index (χ4n) is 1.72. The van der Waals surface area contributed by atoms with Gasteiger partial charge >= 0.3 is 0 Å². The molecule has 2 heteroatoms. The summed E-state index contributed by atoms with van der Waals surface area (Å²) in [4.78, 5) is 0. The number of ether oxygens (including phenoxy) is 1. The van der Waals surface area contributed by atoms with Crippen molar-refractivity contribution in [2.45, 2.75) is 40.0 Å². The number of unbranched alkanes of at least 4 members (excludes halogenated alkanes) is 2. The lowest BCUT2D eigenvalue weighted by molar-refractivity contribution is 0.311. The van der Waals surface area contributed by atoms with Crippen LogP contribution in [0.25, 0.3) is 0 Å². The van der Waals surface area contributed by atoms with Crippen molar-refractivity contribution < 1.29 is 4.74 Å². The van der Waals surface area contributed by atoms with Crippen molar-refractivity contribution in [3.05, 3.63) is 29.3 Å². The van der Waals surface area contributed by atoms with Crippen LogP contribution in [0, 0.1) is 13.8 Å². The summed E-state index contributed by atoms with van der Waals surface area (Å²) in [5, 5.41) is 3.40. The first-order valence-corrected chi connectivity index (χ1v) is 6.65. The Labute approximate surface area is 105 Å². The molecule has 0 aromatic heterocycles. The first kappa shape index (κ1) is 14.0. The largest absolute Gasteiger partial charge is 0.492 e. The van der Waals surface area contributed by atoms with Crippen LogP contribution in [0.2, 0.25) is 0 Å². The van der Waals surface area contributed by atoms with Gasteiger partial charge in [0.2, 0.25) is 0 Å². The normalized spacial score (nSPS) is 10.5. The molecule has 0 amide bonds. The van der Waals surface area contributed by atoms with E-state index in [0.717, 1.165) is 25.4 Å². The standard InChI is InChI=1S/C15H25NO/c1-4-5-6-9-16-10-11-17-15-12-13(2)7-8-14(15)3/h7-8,12,16H,4-6,9-11H2,1-3H3. The fraction of sp³-hybridized carbons (Fsp3) is 0.600. The summed E-state index contributed by atoms with van der Waals surface area (Å²) < 4.78 is 5.76. The minimum atomic E-state index is 0.746. The van der Waals surface area contributed by atoms with E-state index >= 15 is 0 Å². The second kappa shape index (κ2) is 8.13. The molecule has 0 aliphatic carbocycles. The molecule has 0 fully saturated rings. The van der Waals surface area contributed by atoms with E-state index in [1.165, 1.54) is 30.4 Å². The van der Waals surface area contributed by atoms with E-state index in [1.807, 2.05) is 0 Å². The maximum Gasteiger partial charge on any atom is 0.122 e. The highest BCUT2D eigenvalue weighted by molar-refractivity contribution is 5.35. The van der Waals surface area contributed by atoms with Gasteiger partial charge in [0.15, 0.2) is 0 Å². The number of aryl methyl sites for hydroxylation is 2. The van der Waals surface area contributed by atoms with Gasteiger partial charge in [-0.25, -0.2) is 0 Å². The lowest BCUT2D eigenvalue weighted by Gasteiger charge is -2.10. The van der Waals surface area contributed by atoms with Crippen LogP contribution in [-0.2, 0) is 0 Å². The number of benzene rings is 1. The van der Waals surface area contributed by atoms with Gasteiger partial charge in [-0.05, 0) is 44.0 Å². The maximum absolute atomic E-state index is 5.76. The molecule has 1 N–H and O–H groups in total. The third-order valence-electron chi connectivity index (χ3n) is 2.84. The molecule has 96 valence electrons. The molecule has 0 spiro atoms. The third-order valence-corrected chi connectivity index (χ3v) is 2.84. The van der Waals surface area contributed by atoms with Gasteiger partial charge in [0.1, 0.15) is 12.4 Å². The SMILES string of the molecule is CCCCCNCCOc1cc(C)ccc1C. The van der Waals surface area contributed by atoms with Gasteiger partial charge in [0.25, 0.3) is 0 Å². The zero-order valence-electron chi connectivity index (χ0n) is 11.4. The van der Waals surface area contributed by atoms with E-state index in [1.54, 1.807) is 0 Å². The Balaban J connectivity index is 2.15. The molecule has 1 aromatic carbocycles. The van der Waals surface area contributed by atoms with Crippen LogP contribution in [-0.4, -0.2) is 19.7 Å². The van der Waals surface area contributed by atoms with E-state index in [0.29, 0.717) is 0 Å². The average molecular weight is 235 g/mol. The van der Waals surface area contributed by atoms with Gasteiger partial charge in [-0.3, -0.25) is 0 Å². The molecule has 1 rings (SSSR count). The van der Waals surface area contributed by atoms with Gasteiger partial charge in [0.05, 0.1) is 0 Å². The maximum atomic E-state index is 5.76. The van der Waals surface area contributed by atoms with Crippen molar-refractivity contribution in [1.29, 1.82) is 0 Å². The Hall–Kier alpha value is -1.02. The quantitative estimate of drug-likeness (QED) is 0.697. The topological polar surface area (TPSA) is 21.3 Å². The summed E-state index contributed by atoms with van der Waals surface area (Å²) >= 11 is 0. The molecule has 0 radical (unpaired) electrons. The molecule has 0 heterocycles. The molecule has 2 nitrogen and oxygen atoms in total. The third kappa shape index (κ3) is 5.73. The van der Waals surface area contributed by atoms with Gasteiger partial charge in [0, 0.05) is 6.54 Å². The molecular formula is C15H25NO. The zero-order chi connectivity index (χ0) is 12.5. The Morgan fingerprint density at radius 1 is 1.12 bits per heavy atom. The van der Waals surface area contributed by atoms with E-state index < -0.39 is 0 Å². The molecule has 0 atom stereocenters. The van der Waals surface area contributed by atoms with Gasteiger partial charge in [-0.1, -0.05) is 31.9 Å². The van der Waals surface area contributed by atoms with Gasteiger partial charge < -0.3 is 10.1 Å². The average Bonchev–Trinajstić information content (AvgIpc) is 2.32. The fourth-order valence-corrected chi connectivity index (χ4v) is 1.72. The van der Waals surface area contributed by atoms with Crippen LogP contribution in [0.4, 0.5) is 0 Å². The summed E-state index contributed by atoms with van der Waals surface area (Å²) in [7, 11) is 0. The van der Waals surface area contributed by atoms with E-state index in [-0.39, 0.29) is 0 Å². The molecule has 1 aromatic rings. The first-order chi connectivity index (χ1) is 8.24. The minimum absolute atomic E-state index is 0.746. The van der Waals surface area contributed by atoms with Crippen molar-refractivity contribution in [2.24, 2.45) is 0 Å². The first-order valence-electron chi connectivity index (χ1n) is 6.65. The molecule has 0 saturated carbocycles. The van der Waals surface area contributed by atoms with Crippen molar-refractivity contribution in [1.82, 2.24) is 5.32 Å². The number of nitrogens with one attached hydrogen (secondary N) is 1. The molecule has 0 aliphatic heterocycles. The Morgan fingerprint density at radius 2 is 1.94 bits per heavy atom. The number of hydrogen-bond acceptors (Lipinski definition) is 2. The van der Waals surface area contributed by atoms with Crippen molar-refractivity contribution in [2.75, 3.05) is 19.7 Å². The molecule has 0 bridgehead atoms. The molecule has 0 unspecified atom stereocenters. The Morgan fingerprint density at radius 3 is 2.71 bits per heavy atom. The van der Waals surface area contributed by atoms with Gasteiger partial charge in [-0.2, -0.15) is 0 Å². The highest BCUT2D eigenvalue weighted by Gasteiger charge is 1.99. The smallest absolute Gasteiger partial charge is 0.122 e. The van der Waals surface area contributed by atoms with E-state index in [9.17, 15) is 0 Å². The highest BCUT2D eigenvalue weighted by Crippen LogP contribution is 2.18. The Kier molecular flexibility index (Phi) is 6.71. The van der Waals surface area contributed by atoms with E-state index in [2.05, 4.69) is 44.3 Å². The summed E-state index contributed by atoms with van der Waals surface area (Å²) in [6.07, 6.45) is 3.85. The van der Waals surface area contributed by atoms with Crippen LogP contribution >= 0.6 is 0 Å². The van der Waals surface area contributed by atoms with Crippen LogP contribution in [0.3, 0.4) is 0 Å². The monoisotopic (exact) mass is 235 g/mol. The lowest BCUT2D eigenvalue weighted by Crippen LogP contribution is -2.22. The number of rotatable bonds is 8. The zero-order valence-corrected chi connectivity index (χ0v) is 11.4. The second-order valence-electron chi connectivity index (χ2n) is 4.57. The molecule has 0 aliphatic rings. The van der Waals surface area contributed by atoms with Crippen molar-refractivity contribution >= 4 is 0 Å². The van der Waals surface area contributed by atoms with Crippen LogP contribution < -0.4 is 10.1 Å². The van der Waals surface area contributed by atoms with Crippen LogP contribution in [0.5, 0.6) is 5.75 Å². The summed E-state index contributed by atoms with van der Waals surface area (Å²) in [5.41, 5.74) is 2.46. The van der Waals surface area contributed by atoms with E-state index in [4.69, 9.17) is 4.74 Å². The predicted octanol–water partition coefficient (Wildman–Crippen LogP) is 3.46. The summed E-state index contributed by atoms with van der Waals surface area (Å²) in [5.74, 6) is 1.01. The molecular weight excluding hydrogens is 210 g/mol. The lowest BCUT2D eigenvalue weighted by atomic mass is 10.1. The minimum Gasteiger partial charge on any atom is -0.492 e. The molecule has 17 heavy (non-hydrogen) atoms.